The van der Waals surface area contributed by atoms with Gasteiger partial charge in [-0.3, -0.25) is 19.1 Å². The number of hydrogen-bond acceptors (Lipinski definition) is 12. The van der Waals surface area contributed by atoms with Crippen LogP contribution in [0.15, 0.2) is 36.4 Å². The Balaban J connectivity index is 1.25. The highest BCUT2D eigenvalue weighted by atomic mass is 32.2. The Kier molecular flexibility index (Phi) is 12.9. The predicted octanol–water partition coefficient (Wildman–Crippen LogP) is 5.08. The molecule has 346 valence electrons. The Morgan fingerprint density at radius 3 is 2.51 bits per heavy atom. The van der Waals surface area contributed by atoms with Gasteiger partial charge in [-0.05, 0) is 87.3 Å². The second kappa shape index (κ2) is 17.6. The van der Waals surface area contributed by atoms with Crippen LogP contribution in [0.3, 0.4) is 0 Å². The molecule has 3 N–H and O–H groups in total. The molecule has 0 bridgehead atoms. The molecule has 16 nitrogen and oxygen atoms in total. The van der Waals surface area contributed by atoms with Gasteiger partial charge in [0.05, 0.1) is 32.1 Å². The third-order valence-corrected chi connectivity index (χ3v) is 15.5. The zero-order chi connectivity index (χ0) is 45.5. The van der Waals surface area contributed by atoms with Crippen LogP contribution in [0, 0.1) is 17.8 Å². The lowest BCUT2D eigenvalue weighted by atomic mass is 9.85. The number of alkyl carbamates (subject to hydrolysis) is 1. The van der Waals surface area contributed by atoms with E-state index in [1.54, 1.807) is 37.3 Å². The third kappa shape index (κ3) is 9.38. The van der Waals surface area contributed by atoms with Crippen molar-refractivity contribution in [3.8, 4) is 17.5 Å². The summed E-state index contributed by atoms with van der Waals surface area (Å²) in [6.07, 6.45) is -1.76. The van der Waals surface area contributed by atoms with Crippen LogP contribution >= 0.6 is 0 Å². The van der Waals surface area contributed by atoms with Gasteiger partial charge in [0.15, 0.2) is 0 Å². The fourth-order valence-electron chi connectivity index (χ4n) is 8.94. The number of ether oxygens (including phenoxy) is 5. The molecule has 63 heavy (non-hydrogen) atoms. The van der Waals surface area contributed by atoms with E-state index in [0.29, 0.717) is 55.0 Å². The van der Waals surface area contributed by atoms with E-state index >= 15 is 4.79 Å². The number of methoxy groups -OCH3 is 2. The van der Waals surface area contributed by atoms with Crippen molar-refractivity contribution in [3.63, 3.8) is 0 Å². The summed E-state index contributed by atoms with van der Waals surface area (Å²) in [6, 6.07) is 4.04. The van der Waals surface area contributed by atoms with Gasteiger partial charge in [-0.25, -0.2) is 13.2 Å². The summed E-state index contributed by atoms with van der Waals surface area (Å²) in [5.74, 6) is -2.86. The summed E-state index contributed by atoms with van der Waals surface area (Å²) in [5, 5.41) is 6.51. The zero-order valence-corrected chi connectivity index (χ0v) is 36.9. The molecule has 1 aromatic heterocycles. The molecule has 5 aliphatic rings. The Hall–Kier alpha value is -4.85. The van der Waals surface area contributed by atoms with Crippen molar-refractivity contribution in [1.29, 1.82) is 0 Å². The van der Waals surface area contributed by atoms with Gasteiger partial charge in [-0.1, -0.05) is 32.4 Å². The normalized spacial score (nSPS) is 31.5. The standard InChI is InChI=1S/C43H56F3N5O11S/c1-6-26-18-25(2)10-7-8-11-28-22-42(28,38(54)50-63(56,57)40(3)15-16-40)49-35(52)32-21-30(61-36-31-13-12-29(58-4)19-27(31)20-33(47-36)59-5)23-51(32)37(53)34(26)48-39(55)62-41(43(44,45)46)14-9-17-60-24-41/h8,11-13,19-20,25-26,28,30,32,34H,6-7,9-10,14-18,21-24H2,1-5H3,(H,48,55)(H,49,52)(H,50,54)/b11-8-/t25-,26-,28-,30-,32+,34+,41?,42-/m1/s1. The molecule has 4 fully saturated rings. The van der Waals surface area contributed by atoms with Crippen LogP contribution in [0.2, 0.25) is 0 Å². The summed E-state index contributed by atoms with van der Waals surface area (Å²) in [6.45, 7) is 4.20. The molecule has 7 rings (SSSR count). The minimum Gasteiger partial charge on any atom is -0.497 e. The van der Waals surface area contributed by atoms with E-state index in [0.717, 1.165) is 0 Å². The second-order valence-corrected chi connectivity index (χ2v) is 20.1. The van der Waals surface area contributed by atoms with Gasteiger partial charge in [0.2, 0.25) is 39.2 Å². The average molecular weight is 908 g/mol. The van der Waals surface area contributed by atoms with Crippen molar-refractivity contribution in [1.82, 2.24) is 25.2 Å². The number of pyridine rings is 1. The topological polar surface area (TPSA) is 201 Å². The number of fused-ring (bicyclic) bond motifs is 3. The van der Waals surface area contributed by atoms with Crippen molar-refractivity contribution >= 4 is 44.6 Å². The summed E-state index contributed by atoms with van der Waals surface area (Å²) in [5.41, 5.74) is -4.61. The highest BCUT2D eigenvalue weighted by Gasteiger charge is 2.63. The number of allylic oxidation sites excluding steroid dienone is 1. The molecular formula is C43H56F3N5O11S. The van der Waals surface area contributed by atoms with Gasteiger partial charge in [-0.2, -0.15) is 18.2 Å². The van der Waals surface area contributed by atoms with Crippen LogP contribution in [-0.2, 0) is 33.9 Å². The van der Waals surface area contributed by atoms with Crippen molar-refractivity contribution in [3.05, 3.63) is 36.4 Å². The fraction of sp³-hybridized carbons (Fsp3) is 0.651. The first-order chi connectivity index (χ1) is 29.8. The molecule has 0 radical (unpaired) electrons. The van der Waals surface area contributed by atoms with E-state index in [4.69, 9.17) is 23.7 Å². The summed E-state index contributed by atoms with van der Waals surface area (Å²) >= 11 is 0. The minimum atomic E-state index is -4.98. The van der Waals surface area contributed by atoms with Gasteiger partial charge in [0, 0.05) is 36.8 Å². The molecule has 2 saturated carbocycles. The molecule has 8 atom stereocenters. The SMILES string of the molecule is CC[C@@H]1C[C@H](C)CC/C=C\[C@@H]2C[C@@]2(C(=O)NS(=O)(=O)C2(C)CC2)NC(=O)[C@@H]2C[C@@H](Oc3nc(OC)cc4cc(OC)ccc34)CN2C(=O)[C@H]1NC(=O)OC1(C(F)(F)F)CCCOC1. The van der Waals surface area contributed by atoms with Crippen molar-refractivity contribution < 1.29 is 64.5 Å². The van der Waals surface area contributed by atoms with Crippen molar-refractivity contribution in [2.45, 2.75) is 125 Å². The lowest BCUT2D eigenvalue weighted by Gasteiger charge is -2.39. The first-order valence-corrected chi connectivity index (χ1v) is 23.0. The molecular weight excluding hydrogens is 852 g/mol. The van der Waals surface area contributed by atoms with Gasteiger partial charge in [-0.15, -0.1) is 0 Å². The quantitative estimate of drug-likeness (QED) is 0.268. The maximum absolute atomic E-state index is 15.1. The Labute approximate surface area is 364 Å². The van der Waals surface area contributed by atoms with Gasteiger partial charge < -0.3 is 39.2 Å². The Morgan fingerprint density at radius 1 is 1.10 bits per heavy atom. The maximum atomic E-state index is 15.1. The molecule has 20 heteroatoms. The van der Waals surface area contributed by atoms with E-state index < -0.39 is 99.0 Å². The smallest absolute Gasteiger partial charge is 0.430 e. The Bertz CT molecular complexity index is 2230. The first kappa shape index (κ1) is 46.2. The molecule has 4 amide bonds. The zero-order valence-electron chi connectivity index (χ0n) is 36.0. The van der Waals surface area contributed by atoms with Crippen molar-refractivity contribution in [2.24, 2.45) is 17.8 Å². The van der Waals surface area contributed by atoms with Gasteiger partial charge >= 0.3 is 12.3 Å². The van der Waals surface area contributed by atoms with Crippen LogP contribution in [0.25, 0.3) is 10.8 Å². The number of amides is 4. The number of carbonyl (C=O) groups is 4. The predicted molar refractivity (Wildman–Crippen MR) is 221 cm³/mol. The van der Waals surface area contributed by atoms with Crippen molar-refractivity contribution in [2.75, 3.05) is 34.0 Å². The van der Waals surface area contributed by atoms with Gasteiger partial charge in [0.1, 0.15) is 29.5 Å². The number of carbonyl (C=O) groups excluding carboxylic acids is 4. The summed E-state index contributed by atoms with van der Waals surface area (Å²) < 4.78 is 98.8. The highest BCUT2D eigenvalue weighted by Crippen LogP contribution is 2.48. The molecule has 1 unspecified atom stereocenters. The lowest BCUT2D eigenvalue weighted by Crippen LogP contribution is -2.61. The van der Waals surface area contributed by atoms with Crippen LogP contribution < -0.4 is 29.6 Å². The number of rotatable bonds is 10. The number of alkyl halides is 3. The summed E-state index contributed by atoms with van der Waals surface area (Å²) in [7, 11) is -1.16. The minimum absolute atomic E-state index is 0.0127. The molecule has 2 aliphatic carbocycles. The van der Waals surface area contributed by atoms with E-state index in [1.807, 2.05) is 13.0 Å². The molecule has 2 saturated heterocycles. The monoisotopic (exact) mass is 907 g/mol. The number of sulfonamides is 1. The van der Waals surface area contributed by atoms with Crippen LogP contribution in [0.4, 0.5) is 18.0 Å². The lowest BCUT2D eigenvalue weighted by molar-refractivity contribution is -0.285. The fourth-order valence-corrected chi connectivity index (χ4v) is 10.3. The molecule has 1 aromatic carbocycles. The van der Waals surface area contributed by atoms with E-state index in [-0.39, 0.29) is 50.1 Å². The number of nitrogens with one attached hydrogen (secondary N) is 3. The maximum Gasteiger partial charge on any atom is 0.430 e. The average Bonchev–Trinajstić information content (AvgIpc) is 4.13. The Morgan fingerprint density at radius 2 is 1.86 bits per heavy atom. The summed E-state index contributed by atoms with van der Waals surface area (Å²) in [4.78, 5) is 63.3. The van der Waals surface area contributed by atoms with E-state index in [1.165, 1.54) is 26.0 Å². The third-order valence-electron chi connectivity index (χ3n) is 13.4. The first-order valence-electron chi connectivity index (χ1n) is 21.5. The molecule has 2 aromatic rings. The number of nitrogens with zero attached hydrogens (tertiary/aromatic N) is 2. The number of benzene rings is 1. The largest absolute Gasteiger partial charge is 0.497 e. The highest BCUT2D eigenvalue weighted by molar-refractivity contribution is 7.91. The number of hydrogen-bond donors (Lipinski definition) is 3. The van der Waals surface area contributed by atoms with Crippen LogP contribution in [-0.4, -0.2) is 116 Å². The van der Waals surface area contributed by atoms with Gasteiger partial charge in [0.25, 0.3) is 5.91 Å². The molecule has 3 aliphatic heterocycles. The molecule has 0 spiro atoms. The van der Waals surface area contributed by atoms with Crippen LogP contribution in [0.1, 0.15) is 85.0 Å². The van der Waals surface area contributed by atoms with E-state index in [2.05, 4.69) is 20.3 Å². The van der Waals surface area contributed by atoms with Crippen LogP contribution in [0.5, 0.6) is 17.5 Å². The second-order valence-electron chi connectivity index (χ2n) is 17.9. The number of aromatic nitrogens is 1. The van der Waals surface area contributed by atoms with E-state index in [9.17, 15) is 36.0 Å². The number of halogens is 3. The molecule has 4 heterocycles.